The second-order valence-electron chi connectivity index (χ2n) is 4.72. The van der Waals surface area contributed by atoms with Gasteiger partial charge < -0.3 is 10.1 Å². The third-order valence-electron chi connectivity index (χ3n) is 2.90. The van der Waals surface area contributed by atoms with Gasteiger partial charge in [-0.3, -0.25) is 4.79 Å². The van der Waals surface area contributed by atoms with Crippen LogP contribution in [0.2, 0.25) is 0 Å². The van der Waals surface area contributed by atoms with E-state index >= 15 is 0 Å². The van der Waals surface area contributed by atoms with Gasteiger partial charge in [0.25, 0.3) is 0 Å². The number of amides is 1. The molecule has 1 aromatic heterocycles. The number of halogens is 1. The number of nitrogens with one attached hydrogen (secondary N) is 1. The molecule has 0 atom stereocenters. The Morgan fingerprint density at radius 1 is 1.35 bits per heavy atom. The van der Waals surface area contributed by atoms with Gasteiger partial charge in [0.1, 0.15) is 4.88 Å². The van der Waals surface area contributed by atoms with E-state index in [0.29, 0.717) is 16.5 Å². The Morgan fingerprint density at radius 2 is 2.13 bits per heavy atom. The first-order chi connectivity index (χ1) is 11.0. The van der Waals surface area contributed by atoms with Crippen LogP contribution in [0.25, 0.3) is 6.08 Å². The molecule has 2 aromatic rings. The lowest BCUT2D eigenvalue weighted by Crippen LogP contribution is -2.06. The van der Waals surface area contributed by atoms with Crippen molar-refractivity contribution in [3.63, 3.8) is 0 Å². The van der Waals surface area contributed by atoms with Crippen LogP contribution < -0.4 is 5.32 Å². The zero-order chi connectivity index (χ0) is 16.8. The number of anilines is 1. The molecule has 1 heterocycles. The maximum Gasteiger partial charge on any atom is 0.348 e. The van der Waals surface area contributed by atoms with Crippen molar-refractivity contribution in [1.29, 1.82) is 0 Å². The second kappa shape index (κ2) is 8.08. The van der Waals surface area contributed by atoms with Crippen molar-refractivity contribution in [1.82, 2.24) is 0 Å². The molecule has 1 amide bonds. The van der Waals surface area contributed by atoms with E-state index in [1.807, 2.05) is 31.2 Å². The summed E-state index contributed by atoms with van der Waals surface area (Å²) in [6.07, 6.45) is 3.19. The zero-order valence-electron chi connectivity index (χ0n) is 12.8. The summed E-state index contributed by atoms with van der Waals surface area (Å²) in [7, 11) is 0. The number of ether oxygens (including phenoxy) is 1. The zero-order valence-corrected chi connectivity index (χ0v) is 15.2. The maximum atomic E-state index is 12.0. The van der Waals surface area contributed by atoms with Crippen LogP contribution in [0.3, 0.4) is 0 Å². The lowest BCUT2D eigenvalue weighted by Gasteiger charge is -1.99. The van der Waals surface area contributed by atoms with E-state index in [2.05, 4.69) is 21.2 Å². The van der Waals surface area contributed by atoms with E-state index in [1.54, 1.807) is 19.1 Å². The number of rotatable bonds is 5. The molecule has 0 unspecified atom stereocenters. The summed E-state index contributed by atoms with van der Waals surface area (Å²) < 4.78 is 5.94. The summed E-state index contributed by atoms with van der Waals surface area (Å²) in [5, 5.41) is 3.38. The van der Waals surface area contributed by atoms with Crippen LogP contribution in [0.4, 0.5) is 5.00 Å². The van der Waals surface area contributed by atoms with Crippen molar-refractivity contribution in [2.45, 2.75) is 13.8 Å². The number of hydrogen-bond donors (Lipinski definition) is 1. The molecule has 0 aliphatic heterocycles. The fourth-order valence-electron chi connectivity index (χ4n) is 1.89. The van der Waals surface area contributed by atoms with E-state index in [1.165, 1.54) is 17.4 Å². The van der Waals surface area contributed by atoms with Crippen molar-refractivity contribution in [2.75, 3.05) is 11.9 Å². The number of hydrogen-bond acceptors (Lipinski definition) is 4. The normalized spacial score (nSPS) is 10.7. The lowest BCUT2D eigenvalue weighted by molar-refractivity contribution is -0.111. The van der Waals surface area contributed by atoms with E-state index in [9.17, 15) is 9.59 Å². The molecule has 23 heavy (non-hydrogen) atoms. The van der Waals surface area contributed by atoms with Crippen molar-refractivity contribution in [3.8, 4) is 0 Å². The summed E-state index contributed by atoms with van der Waals surface area (Å²) in [6, 6.07) is 9.40. The third-order valence-corrected chi connectivity index (χ3v) is 4.53. The van der Waals surface area contributed by atoms with Crippen LogP contribution in [0.5, 0.6) is 0 Å². The van der Waals surface area contributed by atoms with Crippen molar-refractivity contribution in [3.05, 3.63) is 56.9 Å². The molecule has 4 nitrogen and oxygen atoms in total. The minimum atomic E-state index is -0.361. The molecule has 0 spiro atoms. The van der Waals surface area contributed by atoms with Crippen LogP contribution >= 0.6 is 27.3 Å². The quantitative estimate of drug-likeness (QED) is 0.594. The number of carbonyl (C=O) groups is 2. The van der Waals surface area contributed by atoms with Crippen LogP contribution in [0.15, 0.2) is 40.9 Å². The Labute approximate surface area is 147 Å². The molecule has 0 saturated carbocycles. The number of esters is 1. The minimum absolute atomic E-state index is 0.248. The topological polar surface area (TPSA) is 55.4 Å². The van der Waals surface area contributed by atoms with Crippen molar-refractivity contribution in [2.24, 2.45) is 0 Å². The number of aryl methyl sites for hydroxylation is 1. The van der Waals surface area contributed by atoms with Gasteiger partial charge in [0.15, 0.2) is 0 Å². The lowest BCUT2D eigenvalue weighted by atomic mass is 10.2. The highest BCUT2D eigenvalue weighted by molar-refractivity contribution is 9.10. The third kappa shape index (κ3) is 5.04. The summed E-state index contributed by atoms with van der Waals surface area (Å²) in [5.74, 6) is -0.609. The molecule has 1 N–H and O–H groups in total. The van der Waals surface area contributed by atoms with Gasteiger partial charge in [-0.25, -0.2) is 4.79 Å². The monoisotopic (exact) mass is 393 g/mol. The average molecular weight is 394 g/mol. The van der Waals surface area contributed by atoms with Gasteiger partial charge in [-0.1, -0.05) is 28.1 Å². The van der Waals surface area contributed by atoms with E-state index in [4.69, 9.17) is 4.74 Å². The van der Waals surface area contributed by atoms with Gasteiger partial charge in [0.05, 0.1) is 11.6 Å². The Balaban J connectivity index is 2.03. The predicted molar refractivity (Wildman–Crippen MR) is 96.8 cm³/mol. The van der Waals surface area contributed by atoms with Crippen molar-refractivity contribution < 1.29 is 14.3 Å². The molecule has 6 heteroatoms. The summed E-state index contributed by atoms with van der Waals surface area (Å²) in [6.45, 7) is 3.90. The first-order valence-electron chi connectivity index (χ1n) is 7.01. The largest absolute Gasteiger partial charge is 0.462 e. The number of carbonyl (C=O) groups excluding carboxylic acids is 2. The Morgan fingerprint density at radius 3 is 2.83 bits per heavy atom. The Hall–Kier alpha value is -1.92. The van der Waals surface area contributed by atoms with Gasteiger partial charge >= 0.3 is 5.97 Å². The maximum absolute atomic E-state index is 12.0. The van der Waals surface area contributed by atoms with Gasteiger partial charge in [-0.2, -0.15) is 0 Å². The molecule has 0 saturated heterocycles. The molecule has 1 aromatic carbocycles. The molecule has 0 aliphatic carbocycles. The number of benzene rings is 1. The molecule has 120 valence electrons. The predicted octanol–water partition coefficient (Wildman–Crippen LogP) is 4.65. The van der Waals surface area contributed by atoms with E-state index in [-0.39, 0.29) is 11.9 Å². The number of thiophene rings is 1. The van der Waals surface area contributed by atoms with Gasteiger partial charge in [-0.15, -0.1) is 11.3 Å². The summed E-state index contributed by atoms with van der Waals surface area (Å²) in [4.78, 5) is 24.2. The molecule has 0 bridgehead atoms. The highest BCUT2D eigenvalue weighted by Crippen LogP contribution is 2.27. The van der Waals surface area contributed by atoms with Crippen LogP contribution in [0, 0.1) is 6.92 Å². The first-order valence-corrected chi connectivity index (χ1v) is 8.62. The molecule has 0 aliphatic rings. The molecule has 0 fully saturated rings. The van der Waals surface area contributed by atoms with E-state index in [0.717, 1.165) is 15.6 Å². The molecule has 0 radical (unpaired) electrons. The Bertz CT molecular complexity index is 752. The highest BCUT2D eigenvalue weighted by atomic mass is 79.9. The summed E-state index contributed by atoms with van der Waals surface area (Å²) >= 11 is 4.60. The second-order valence-corrected chi connectivity index (χ2v) is 6.69. The Kier molecular flexibility index (Phi) is 6.12. The average Bonchev–Trinajstić information content (AvgIpc) is 2.86. The van der Waals surface area contributed by atoms with Gasteiger partial charge in [0, 0.05) is 10.5 Å². The fourth-order valence-corrected chi connectivity index (χ4v) is 3.27. The molecule has 2 rings (SSSR count). The highest BCUT2D eigenvalue weighted by Gasteiger charge is 2.15. The van der Waals surface area contributed by atoms with Gasteiger partial charge in [0.2, 0.25) is 5.91 Å². The molecular weight excluding hydrogens is 378 g/mol. The smallest absolute Gasteiger partial charge is 0.348 e. The van der Waals surface area contributed by atoms with Crippen LogP contribution in [-0.4, -0.2) is 18.5 Å². The summed E-state index contributed by atoms with van der Waals surface area (Å²) in [5.41, 5.74) is 1.71. The van der Waals surface area contributed by atoms with Crippen molar-refractivity contribution >= 4 is 50.2 Å². The SMILES string of the molecule is CCOC(=O)c1sc(NC(=O)C=Cc2cccc(Br)c2)cc1C. The fraction of sp³-hybridized carbons (Fsp3) is 0.176. The standard InChI is InChI=1S/C17H16BrNO3S/c1-3-22-17(21)16-11(2)9-15(23-16)19-14(20)8-7-12-5-4-6-13(18)10-12/h4-10H,3H2,1-2H3,(H,19,20). The first kappa shape index (κ1) is 17.4. The minimum Gasteiger partial charge on any atom is -0.462 e. The van der Waals surface area contributed by atoms with Crippen LogP contribution in [-0.2, 0) is 9.53 Å². The van der Waals surface area contributed by atoms with Gasteiger partial charge in [-0.05, 0) is 49.2 Å². The van der Waals surface area contributed by atoms with E-state index < -0.39 is 0 Å². The molecular formula is C17H16BrNO3S. The van der Waals surface area contributed by atoms with Crippen LogP contribution in [0.1, 0.15) is 27.7 Å².